The molecule has 9 heteroatoms. The van der Waals surface area contributed by atoms with E-state index in [9.17, 15) is 0 Å². The van der Waals surface area contributed by atoms with Crippen LogP contribution in [0.2, 0.25) is 0 Å². The fourth-order valence-corrected chi connectivity index (χ4v) is 1.49. The lowest BCUT2D eigenvalue weighted by molar-refractivity contribution is 0.623. The average molecular weight is 249 g/mol. The molecule has 0 atom stereocenters. The van der Waals surface area contributed by atoms with Crippen molar-refractivity contribution in [2.45, 2.75) is 19.4 Å². The van der Waals surface area contributed by atoms with E-state index >= 15 is 0 Å². The Hall–Kier alpha value is -2.29. The van der Waals surface area contributed by atoms with Gasteiger partial charge < -0.3 is 17.2 Å². The minimum absolute atomic E-state index is 0.0981. The van der Waals surface area contributed by atoms with E-state index in [-0.39, 0.29) is 11.9 Å². The summed E-state index contributed by atoms with van der Waals surface area (Å²) in [5.74, 6) is 0.650. The SMILES string of the molecule is NCCCc1cn(Cc2nc(N)nc(N)n2)nn1. The van der Waals surface area contributed by atoms with Crippen molar-refractivity contribution >= 4 is 11.9 Å². The van der Waals surface area contributed by atoms with Gasteiger partial charge in [-0.15, -0.1) is 5.10 Å². The molecule has 0 aromatic carbocycles. The fourth-order valence-electron chi connectivity index (χ4n) is 1.49. The van der Waals surface area contributed by atoms with E-state index in [1.807, 2.05) is 6.20 Å². The highest BCUT2D eigenvalue weighted by Gasteiger charge is 2.05. The van der Waals surface area contributed by atoms with Crippen molar-refractivity contribution in [3.8, 4) is 0 Å². The van der Waals surface area contributed by atoms with Crippen LogP contribution in [0.25, 0.3) is 0 Å². The highest BCUT2D eigenvalue weighted by molar-refractivity contribution is 5.25. The molecule has 2 aromatic rings. The standard InChI is InChI=1S/C9H15N9/c10-3-1-2-6-4-18(17-16-6)5-7-13-8(11)15-9(12)14-7/h4H,1-3,5,10H2,(H4,11,12,13,14,15). The van der Waals surface area contributed by atoms with E-state index < -0.39 is 0 Å². The molecule has 2 rings (SSSR count). The first-order valence-corrected chi connectivity index (χ1v) is 5.52. The number of nitrogen functional groups attached to an aromatic ring is 2. The zero-order valence-electron chi connectivity index (χ0n) is 9.82. The monoisotopic (exact) mass is 249 g/mol. The molecule has 96 valence electrons. The first-order chi connectivity index (χ1) is 8.67. The first-order valence-electron chi connectivity index (χ1n) is 5.52. The molecule has 0 saturated heterocycles. The van der Waals surface area contributed by atoms with Crippen LogP contribution in [0.1, 0.15) is 17.9 Å². The second-order valence-corrected chi connectivity index (χ2v) is 3.77. The highest BCUT2D eigenvalue weighted by Crippen LogP contribution is 2.02. The third kappa shape index (κ3) is 3.10. The van der Waals surface area contributed by atoms with Gasteiger partial charge in [0.2, 0.25) is 11.9 Å². The zero-order valence-corrected chi connectivity index (χ0v) is 9.82. The summed E-state index contributed by atoms with van der Waals surface area (Å²) in [5, 5.41) is 7.99. The van der Waals surface area contributed by atoms with Gasteiger partial charge in [-0.25, -0.2) is 4.68 Å². The number of rotatable bonds is 5. The third-order valence-corrected chi connectivity index (χ3v) is 2.24. The summed E-state index contributed by atoms with van der Waals surface area (Å²) in [6.45, 7) is 0.986. The predicted molar refractivity (Wildman–Crippen MR) is 65.2 cm³/mol. The molecule has 2 heterocycles. The minimum atomic E-state index is 0.0981. The van der Waals surface area contributed by atoms with Gasteiger partial charge in [0, 0.05) is 6.20 Å². The Labute approximate surface area is 103 Å². The second kappa shape index (κ2) is 5.36. The second-order valence-electron chi connectivity index (χ2n) is 3.77. The van der Waals surface area contributed by atoms with Crippen molar-refractivity contribution in [2.24, 2.45) is 5.73 Å². The summed E-state index contributed by atoms with van der Waals surface area (Å²) in [6, 6.07) is 0. The third-order valence-electron chi connectivity index (χ3n) is 2.24. The van der Waals surface area contributed by atoms with E-state index in [2.05, 4.69) is 25.3 Å². The van der Waals surface area contributed by atoms with Crippen LogP contribution in [-0.4, -0.2) is 36.5 Å². The quantitative estimate of drug-likeness (QED) is 0.584. The topological polar surface area (TPSA) is 147 Å². The van der Waals surface area contributed by atoms with Gasteiger partial charge in [0.15, 0.2) is 5.82 Å². The Kier molecular flexibility index (Phi) is 3.63. The largest absolute Gasteiger partial charge is 0.368 e. The van der Waals surface area contributed by atoms with Gasteiger partial charge in [-0.1, -0.05) is 5.21 Å². The maximum absolute atomic E-state index is 5.48. The summed E-state index contributed by atoms with van der Waals surface area (Å²) in [4.78, 5) is 11.6. The lowest BCUT2D eigenvalue weighted by atomic mass is 10.2. The van der Waals surface area contributed by atoms with Crippen LogP contribution in [0, 0.1) is 0 Å². The van der Waals surface area contributed by atoms with Gasteiger partial charge in [0.25, 0.3) is 0 Å². The molecule has 0 spiro atoms. The summed E-state index contributed by atoms with van der Waals surface area (Å²) in [6.07, 6.45) is 3.51. The van der Waals surface area contributed by atoms with Crippen molar-refractivity contribution in [3.05, 3.63) is 17.7 Å². The lowest BCUT2D eigenvalue weighted by Crippen LogP contribution is -2.10. The molecule has 0 unspecified atom stereocenters. The van der Waals surface area contributed by atoms with Crippen LogP contribution in [-0.2, 0) is 13.0 Å². The van der Waals surface area contributed by atoms with Crippen molar-refractivity contribution in [2.75, 3.05) is 18.0 Å². The normalized spacial score (nSPS) is 10.7. The Morgan fingerprint density at radius 2 is 1.83 bits per heavy atom. The molecule has 0 aliphatic heterocycles. The Balaban J connectivity index is 2.06. The number of nitrogens with two attached hydrogens (primary N) is 3. The van der Waals surface area contributed by atoms with Crippen LogP contribution < -0.4 is 17.2 Å². The van der Waals surface area contributed by atoms with Crippen LogP contribution in [0.3, 0.4) is 0 Å². The lowest BCUT2D eigenvalue weighted by Gasteiger charge is -2.01. The maximum atomic E-state index is 5.48. The molecule has 0 aliphatic carbocycles. The maximum Gasteiger partial charge on any atom is 0.225 e. The molecule has 9 nitrogen and oxygen atoms in total. The highest BCUT2D eigenvalue weighted by atomic mass is 15.4. The van der Waals surface area contributed by atoms with Gasteiger partial charge in [0.1, 0.15) is 6.54 Å². The summed E-state index contributed by atoms with van der Waals surface area (Å²) >= 11 is 0. The Bertz CT molecular complexity index is 500. The van der Waals surface area contributed by atoms with E-state index in [0.29, 0.717) is 18.9 Å². The molecule has 2 aromatic heterocycles. The molecule has 0 bridgehead atoms. The van der Waals surface area contributed by atoms with E-state index in [0.717, 1.165) is 18.5 Å². The molecule has 6 N–H and O–H groups in total. The number of aryl methyl sites for hydroxylation is 1. The molecule has 0 aliphatic rings. The van der Waals surface area contributed by atoms with Crippen LogP contribution >= 0.6 is 0 Å². The Morgan fingerprint density at radius 3 is 2.50 bits per heavy atom. The molecule has 0 radical (unpaired) electrons. The Morgan fingerprint density at radius 1 is 1.11 bits per heavy atom. The number of nitrogens with zero attached hydrogens (tertiary/aromatic N) is 6. The van der Waals surface area contributed by atoms with Gasteiger partial charge in [-0.3, -0.25) is 0 Å². The van der Waals surface area contributed by atoms with Crippen molar-refractivity contribution in [3.63, 3.8) is 0 Å². The molecule has 0 fully saturated rings. The van der Waals surface area contributed by atoms with E-state index in [4.69, 9.17) is 17.2 Å². The van der Waals surface area contributed by atoms with Gasteiger partial charge in [-0.2, -0.15) is 15.0 Å². The fraction of sp³-hybridized carbons (Fsp3) is 0.444. The number of aromatic nitrogens is 6. The van der Waals surface area contributed by atoms with Crippen molar-refractivity contribution < 1.29 is 0 Å². The molecular formula is C9H15N9. The number of hydrogen-bond donors (Lipinski definition) is 3. The van der Waals surface area contributed by atoms with Crippen molar-refractivity contribution in [1.29, 1.82) is 0 Å². The van der Waals surface area contributed by atoms with Crippen LogP contribution in [0.5, 0.6) is 0 Å². The van der Waals surface area contributed by atoms with Gasteiger partial charge >= 0.3 is 0 Å². The molecular weight excluding hydrogens is 234 g/mol. The number of anilines is 2. The average Bonchev–Trinajstić information content (AvgIpc) is 2.72. The predicted octanol–water partition coefficient (Wildman–Crippen LogP) is -1.43. The number of hydrogen-bond acceptors (Lipinski definition) is 8. The summed E-state index contributed by atoms with van der Waals surface area (Å²) < 4.78 is 1.63. The van der Waals surface area contributed by atoms with Gasteiger partial charge in [-0.05, 0) is 19.4 Å². The van der Waals surface area contributed by atoms with E-state index in [1.165, 1.54) is 0 Å². The molecule has 18 heavy (non-hydrogen) atoms. The van der Waals surface area contributed by atoms with Crippen molar-refractivity contribution in [1.82, 2.24) is 29.9 Å². The summed E-state index contributed by atoms with van der Waals surface area (Å²) in [7, 11) is 0. The smallest absolute Gasteiger partial charge is 0.225 e. The summed E-state index contributed by atoms with van der Waals surface area (Å²) in [5.41, 5.74) is 17.3. The molecule has 0 saturated carbocycles. The van der Waals surface area contributed by atoms with Crippen LogP contribution in [0.4, 0.5) is 11.9 Å². The zero-order chi connectivity index (χ0) is 13.0. The molecule has 0 amide bonds. The minimum Gasteiger partial charge on any atom is -0.368 e. The van der Waals surface area contributed by atoms with Crippen LogP contribution in [0.15, 0.2) is 6.20 Å². The van der Waals surface area contributed by atoms with E-state index in [1.54, 1.807) is 4.68 Å². The van der Waals surface area contributed by atoms with Gasteiger partial charge in [0.05, 0.1) is 5.69 Å². The first kappa shape index (κ1) is 12.2.